The van der Waals surface area contributed by atoms with Crippen LogP contribution in [0.3, 0.4) is 0 Å². The Bertz CT molecular complexity index is 413. The van der Waals surface area contributed by atoms with Crippen LogP contribution in [0.15, 0.2) is 0 Å². The molecule has 1 heterocycles. The summed E-state index contributed by atoms with van der Waals surface area (Å²) >= 11 is 0. The maximum Gasteiger partial charge on any atom is 0.239 e. The van der Waals surface area contributed by atoms with Gasteiger partial charge in [0.05, 0.1) is 24.0 Å². The zero-order valence-corrected chi connectivity index (χ0v) is 12.9. The molecule has 0 aliphatic carbocycles. The van der Waals surface area contributed by atoms with E-state index in [0.29, 0.717) is 26.3 Å². The van der Waals surface area contributed by atoms with Crippen LogP contribution < -0.4 is 5.32 Å². The Kier molecular flexibility index (Phi) is 5.34. The molecule has 1 amide bonds. The van der Waals surface area contributed by atoms with Gasteiger partial charge in [0.1, 0.15) is 0 Å². The number of rotatable bonds is 5. The van der Waals surface area contributed by atoms with Gasteiger partial charge in [0.25, 0.3) is 0 Å². The number of nitrogens with zero attached hydrogens (tertiary/aromatic N) is 1. The molecule has 0 aromatic heterocycles. The standard InChI is InChI=1S/C12H24N2O4S/c1-10(11(15)14-5-7-18-8-6-14)13-9-12(2,3)19(4,16)17/h10,13H,5-9H2,1-4H3. The number of carbonyl (C=O) groups excluding carboxylic acids is 1. The highest BCUT2D eigenvalue weighted by atomic mass is 32.2. The zero-order chi connectivity index (χ0) is 14.7. The Hall–Kier alpha value is -0.660. The van der Waals surface area contributed by atoms with Gasteiger partial charge in [-0.25, -0.2) is 8.42 Å². The first-order valence-corrected chi connectivity index (χ1v) is 8.34. The fourth-order valence-corrected chi connectivity index (χ4v) is 2.02. The second-order valence-electron chi connectivity index (χ2n) is 5.57. The summed E-state index contributed by atoms with van der Waals surface area (Å²) in [6, 6.07) is -0.390. The van der Waals surface area contributed by atoms with Gasteiger partial charge in [0.2, 0.25) is 5.91 Å². The first-order chi connectivity index (χ1) is 8.65. The number of hydrogen-bond acceptors (Lipinski definition) is 5. The van der Waals surface area contributed by atoms with Gasteiger partial charge in [-0.2, -0.15) is 0 Å². The molecule has 1 fully saturated rings. The van der Waals surface area contributed by atoms with Crippen molar-refractivity contribution in [3.05, 3.63) is 0 Å². The Balaban J connectivity index is 2.51. The Morgan fingerprint density at radius 3 is 2.37 bits per heavy atom. The lowest BCUT2D eigenvalue weighted by molar-refractivity contribution is -0.137. The fraction of sp³-hybridized carbons (Fsp3) is 0.917. The van der Waals surface area contributed by atoms with Gasteiger partial charge in [-0.3, -0.25) is 4.79 Å². The maximum absolute atomic E-state index is 12.1. The molecule has 0 aromatic carbocycles. The third-order valence-electron chi connectivity index (χ3n) is 3.53. The van der Waals surface area contributed by atoms with E-state index in [1.54, 1.807) is 25.7 Å². The molecule has 7 heteroatoms. The summed E-state index contributed by atoms with van der Waals surface area (Å²) in [6.07, 6.45) is 1.21. The average Bonchev–Trinajstić information content (AvgIpc) is 2.35. The van der Waals surface area contributed by atoms with Crippen molar-refractivity contribution in [2.24, 2.45) is 0 Å². The predicted octanol–water partition coefficient (Wildman–Crippen LogP) is -0.353. The maximum atomic E-state index is 12.1. The zero-order valence-electron chi connectivity index (χ0n) is 12.1. The molecule has 19 heavy (non-hydrogen) atoms. The lowest BCUT2D eigenvalue weighted by atomic mass is 10.2. The monoisotopic (exact) mass is 292 g/mol. The van der Waals surface area contributed by atoms with Crippen LogP contribution in [0.2, 0.25) is 0 Å². The molecule has 1 N–H and O–H groups in total. The Labute approximate surface area is 115 Å². The number of morpholine rings is 1. The van der Waals surface area contributed by atoms with Crippen LogP contribution in [0, 0.1) is 0 Å². The van der Waals surface area contributed by atoms with E-state index < -0.39 is 14.6 Å². The van der Waals surface area contributed by atoms with Gasteiger partial charge in [-0.15, -0.1) is 0 Å². The fourth-order valence-electron chi connectivity index (χ4n) is 1.67. The number of amides is 1. The van der Waals surface area contributed by atoms with Crippen molar-refractivity contribution in [3.63, 3.8) is 0 Å². The highest BCUT2D eigenvalue weighted by molar-refractivity contribution is 7.92. The molecule has 1 atom stereocenters. The molecule has 1 aliphatic heterocycles. The quantitative estimate of drug-likeness (QED) is 0.749. The van der Waals surface area contributed by atoms with Crippen molar-refractivity contribution in [3.8, 4) is 0 Å². The van der Waals surface area contributed by atoms with Crippen LogP contribution in [0.5, 0.6) is 0 Å². The summed E-state index contributed by atoms with van der Waals surface area (Å²) in [5.74, 6) is -0.00685. The topological polar surface area (TPSA) is 75.7 Å². The average molecular weight is 292 g/mol. The van der Waals surface area contributed by atoms with Crippen molar-refractivity contribution in [2.45, 2.75) is 31.6 Å². The smallest absolute Gasteiger partial charge is 0.239 e. The number of sulfone groups is 1. The van der Waals surface area contributed by atoms with Crippen molar-refractivity contribution < 1.29 is 17.9 Å². The second kappa shape index (κ2) is 6.19. The minimum absolute atomic E-state index is 0.00685. The molecule has 0 aromatic rings. The van der Waals surface area contributed by atoms with Gasteiger partial charge < -0.3 is 15.0 Å². The van der Waals surface area contributed by atoms with Crippen molar-refractivity contribution in [1.82, 2.24) is 10.2 Å². The molecule has 1 unspecified atom stereocenters. The largest absolute Gasteiger partial charge is 0.378 e. The number of hydrogen-bond donors (Lipinski definition) is 1. The van der Waals surface area contributed by atoms with E-state index in [9.17, 15) is 13.2 Å². The molecule has 0 spiro atoms. The Morgan fingerprint density at radius 1 is 1.37 bits per heavy atom. The second-order valence-corrected chi connectivity index (χ2v) is 8.22. The van der Waals surface area contributed by atoms with Gasteiger partial charge in [0.15, 0.2) is 9.84 Å². The van der Waals surface area contributed by atoms with Crippen molar-refractivity contribution in [2.75, 3.05) is 39.1 Å². The molecule has 1 aliphatic rings. The number of ether oxygens (including phenoxy) is 1. The first-order valence-electron chi connectivity index (χ1n) is 6.45. The third-order valence-corrected chi connectivity index (χ3v) is 5.68. The van der Waals surface area contributed by atoms with Crippen molar-refractivity contribution in [1.29, 1.82) is 0 Å². The van der Waals surface area contributed by atoms with Crippen molar-refractivity contribution >= 4 is 15.7 Å². The van der Waals surface area contributed by atoms with Crippen LogP contribution in [0.25, 0.3) is 0 Å². The SMILES string of the molecule is CC(NCC(C)(C)S(C)(=O)=O)C(=O)N1CCOCC1. The molecule has 0 bridgehead atoms. The van der Waals surface area contributed by atoms with E-state index in [1.165, 1.54) is 6.26 Å². The van der Waals surface area contributed by atoms with E-state index in [4.69, 9.17) is 4.74 Å². The molecular weight excluding hydrogens is 268 g/mol. The van der Waals surface area contributed by atoms with E-state index in [2.05, 4.69) is 5.32 Å². The molecule has 0 radical (unpaired) electrons. The normalized spacial score (nSPS) is 19.3. The molecule has 0 saturated carbocycles. The van der Waals surface area contributed by atoms with Crippen LogP contribution >= 0.6 is 0 Å². The van der Waals surface area contributed by atoms with Crippen LogP contribution in [-0.4, -0.2) is 69.1 Å². The molecule has 1 rings (SSSR count). The summed E-state index contributed by atoms with van der Waals surface area (Å²) in [5, 5.41) is 3.02. The van der Waals surface area contributed by atoms with E-state index in [1.807, 2.05) is 0 Å². The number of nitrogens with one attached hydrogen (secondary N) is 1. The van der Waals surface area contributed by atoms with Gasteiger partial charge in [0, 0.05) is 25.9 Å². The van der Waals surface area contributed by atoms with E-state index >= 15 is 0 Å². The summed E-state index contributed by atoms with van der Waals surface area (Å²) in [5.41, 5.74) is 0. The van der Waals surface area contributed by atoms with E-state index in [-0.39, 0.29) is 18.5 Å². The summed E-state index contributed by atoms with van der Waals surface area (Å²) in [4.78, 5) is 13.9. The molecule has 1 saturated heterocycles. The molecule has 112 valence electrons. The van der Waals surface area contributed by atoms with Gasteiger partial charge in [-0.1, -0.05) is 0 Å². The summed E-state index contributed by atoms with van der Waals surface area (Å²) in [7, 11) is -3.16. The lowest BCUT2D eigenvalue weighted by Crippen LogP contribution is -2.52. The van der Waals surface area contributed by atoms with Crippen LogP contribution in [0.1, 0.15) is 20.8 Å². The minimum Gasteiger partial charge on any atom is -0.378 e. The third kappa shape index (κ3) is 4.43. The summed E-state index contributed by atoms with van der Waals surface area (Å²) in [6.45, 7) is 7.64. The van der Waals surface area contributed by atoms with E-state index in [0.717, 1.165) is 0 Å². The highest BCUT2D eigenvalue weighted by Gasteiger charge is 2.31. The molecule has 6 nitrogen and oxygen atoms in total. The van der Waals surface area contributed by atoms with Gasteiger partial charge >= 0.3 is 0 Å². The summed E-state index contributed by atoms with van der Waals surface area (Å²) < 4.78 is 27.5. The number of carbonyl (C=O) groups is 1. The minimum atomic E-state index is -3.16. The van der Waals surface area contributed by atoms with Crippen LogP contribution in [0.4, 0.5) is 0 Å². The predicted molar refractivity (Wildman–Crippen MR) is 73.8 cm³/mol. The van der Waals surface area contributed by atoms with Gasteiger partial charge in [-0.05, 0) is 20.8 Å². The highest BCUT2D eigenvalue weighted by Crippen LogP contribution is 2.14. The lowest BCUT2D eigenvalue weighted by Gasteiger charge is -2.31. The first kappa shape index (κ1) is 16.4. The molecular formula is C12H24N2O4S. The Morgan fingerprint density at radius 2 is 1.89 bits per heavy atom. The van der Waals surface area contributed by atoms with Crippen LogP contribution in [-0.2, 0) is 19.4 Å².